The third-order valence-electron chi connectivity index (χ3n) is 3.96. The molecule has 2 aromatic carbocycles. The number of hydrogen-bond donors (Lipinski definition) is 2. The number of carbonyl (C=O) groups is 1. The molecule has 0 fully saturated rings. The molecule has 1 atom stereocenters. The Kier molecular flexibility index (Phi) is 6.16. The molecule has 1 amide bonds. The van der Waals surface area contributed by atoms with Gasteiger partial charge in [-0.1, -0.05) is 61.5 Å². The quantitative estimate of drug-likeness (QED) is 0.823. The molecule has 2 N–H and O–H groups in total. The predicted octanol–water partition coefficient (Wildman–Crippen LogP) is 3.38. The maximum absolute atomic E-state index is 12.2. The normalized spacial score (nSPS) is 11.9. The molecule has 0 saturated carbocycles. The van der Waals surface area contributed by atoms with Crippen LogP contribution in [0.2, 0.25) is 0 Å². The first-order chi connectivity index (χ1) is 10.7. The number of amides is 1. The van der Waals surface area contributed by atoms with Crippen molar-refractivity contribution in [3.05, 3.63) is 71.3 Å². The lowest BCUT2D eigenvalue weighted by molar-refractivity contribution is -0.121. The smallest absolute Gasteiger partial charge is 0.220 e. The molecule has 22 heavy (non-hydrogen) atoms. The minimum atomic E-state index is -0.00631. The van der Waals surface area contributed by atoms with Crippen molar-refractivity contribution < 1.29 is 9.90 Å². The zero-order chi connectivity index (χ0) is 15.8. The van der Waals surface area contributed by atoms with E-state index < -0.39 is 0 Å². The molecule has 3 nitrogen and oxygen atoms in total. The average Bonchev–Trinajstić information content (AvgIpc) is 2.58. The van der Waals surface area contributed by atoms with Crippen molar-refractivity contribution in [3.63, 3.8) is 0 Å². The minimum absolute atomic E-state index is 0.00631. The summed E-state index contributed by atoms with van der Waals surface area (Å²) in [6.45, 7) is 2.56. The first-order valence-electron chi connectivity index (χ1n) is 7.73. The molecule has 2 rings (SSSR count). The van der Waals surface area contributed by atoms with Crippen LogP contribution in [-0.2, 0) is 17.9 Å². The Bertz CT molecular complexity index is 595. The van der Waals surface area contributed by atoms with Crippen LogP contribution in [0, 0.1) is 0 Å². The summed E-state index contributed by atoms with van der Waals surface area (Å²) in [5, 5.41) is 12.3. The second-order valence-electron chi connectivity index (χ2n) is 5.42. The van der Waals surface area contributed by atoms with Gasteiger partial charge in [0.2, 0.25) is 5.91 Å². The summed E-state index contributed by atoms with van der Waals surface area (Å²) in [5.74, 6) is 0.290. The predicted molar refractivity (Wildman–Crippen MR) is 88.3 cm³/mol. The van der Waals surface area contributed by atoms with Gasteiger partial charge < -0.3 is 10.4 Å². The molecule has 0 aliphatic rings. The Morgan fingerprint density at radius 3 is 2.32 bits per heavy atom. The third kappa shape index (κ3) is 4.43. The Morgan fingerprint density at radius 1 is 1.05 bits per heavy atom. The third-order valence-corrected chi connectivity index (χ3v) is 3.96. The second-order valence-corrected chi connectivity index (χ2v) is 5.42. The highest BCUT2D eigenvalue weighted by molar-refractivity contribution is 5.76. The zero-order valence-corrected chi connectivity index (χ0v) is 13.0. The van der Waals surface area contributed by atoms with E-state index in [1.165, 1.54) is 5.56 Å². The van der Waals surface area contributed by atoms with Crippen LogP contribution < -0.4 is 5.32 Å². The van der Waals surface area contributed by atoms with Crippen molar-refractivity contribution in [3.8, 4) is 0 Å². The van der Waals surface area contributed by atoms with Crippen LogP contribution in [0.5, 0.6) is 0 Å². The van der Waals surface area contributed by atoms with E-state index in [4.69, 9.17) is 0 Å². The highest BCUT2D eigenvalue weighted by Gasteiger charge is 2.14. The SMILES string of the molecule is CCC(CC(=O)NCc1ccccc1CO)c1ccccc1. The number of aliphatic hydroxyl groups excluding tert-OH is 1. The number of rotatable bonds is 7. The Morgan fingerprint density at radius 2 is 1.68 bits per heavy atom. The molecular weight excluding hydrogens is 274 g/mol. The molecule has 0 aromatic heterocycles. The largest absolute Gasteiger partial charge is 0.392 e. The molecule has 0 radical (unpaired) electrons. The molecule has 0 aliphatic heterocycles. The summed E-state index contributed by atoms with van der Waals surface area (Å²) in [6.07, 6.45) is 1.42. The van der Waals surface area contributed by atoms with Crippen molar-refractivity contribution in [1.29, 1.82) is 0 Å². The van der Waals surface area contributed by atoms with Gasteiger partial charge in [0.15, 0.2) is 0 Å². The van der Waals surface area contributed by atoms with E-state index in [1.54, 1.807) is 0 Å². The van der Waals surface area contributed by atoms with Crippen LogP contribution in [0.25, 0.3) is 0 Å². The number of aliphatic hydroxyl groups is 1. The van der Waals surface area contributed by atoms with E-state index in [1.807, 2.05) is 42.5 Å². The number of nitrogens with one attached hydrogen (secondary N) is 1. The molecule has 0 bridgehead atoms. The summed E-state index contributed by atoms with van der Waals surface area (Å²) >= 11 is 0. The van der Waals surface area contributed by atoms with E-state index in [0.717, 1.165) is 17.5 Å². The van der Waals surface area contributed by atoms with Gasteiger partial charge in [0.25, 0.3) is 0 Å². The van der Waals surface area contributed by atoms with Gasteiger partial charge in [0, 0.05) is 13.0 Å². The summed E-state index contributed by atoms with van der Waals surface area (Å²) in [4.78, 5) is 12.2. The Hall–Kier alpha value is -2.13. The van der Waals surface area contributed by atoms with Crippen molar-refractivity contribution in [1.82, 2.24) is 5.32 Å². The van der Waals surface area contributed by atoms with Crippen molar-refractivity contribution >= 4 is 5.91 Å². The van der Waals surface area contributed by atoms with E-state index in [-0.39, 0.29) is 18.4 Å². The lowest BCUT2D eigenvalue weighted by atomic mass is 9.93. The highest BCUT2D eigenvalue weighted by atomic mass is 16.3. The van der Waals surface area contributed by atoms with Gasteiger partial charge >= 0.3 is 0 Å². The molecule has 1 unspecified atom stereocenters. The lowest BCUT2D eigenvalue weighted by Gasteiger charge is -2.15. The zero-order valence-electron chi connectivity index (χ0n) is 13.0. The minimum Gasteiger partial charge on any atom is -0.392 e. The van der Waals surface area contributed by atoms with Gasteiger partial charge in [-0.2, -0.15) is 0 Å². The number of carbonyl (C=O) groups excluding carboxylic acids is 1. The summed E-state index contributed by atoms with van der Waals surface area (Å²) in [6, 6.07) is 17.8. The Labute approximate surface area is 132 Å². The highest BCUT2D eigenvalue weighted by Crippen LogP contribution is 2.22. The van der Waals surface area contributed by atoms with E-state index in [2.05, 4.69) is 24.4 Å². The monoisotopic (exact) mass is 297 g/mol. The lowest BCUT2D eigenvalue weighted by Crippen LogP contribution is -2.25. The number of benzene rings is 2. The van der Waals surface area contributed by atoms with E-state index in [9.17, 15) is 9.90 Å². The van der Waals surface area contributed by atoms with Gasteiger partial charge in [-0.05, 0) is 29.0 Å². The van der Waals surface area contributed by atoms with Gasteiger partial charge in [0.1, 0.15) is 0 Å². The molecule has 3 heteroatoms. The fourth-order valence-corrected chi connectivity index (χ4v) is 2.60. The summed E-state index contributed by atoms with van der Waals surface area (Å²) in [5.41, 5.74) is 3.03. The molecule has 0 saturated heterocycles. The van der Waals surface area contributed by atoms with Gasteiger partial charge in [-0.3, -0.25) is 4.79 Å². The Balaban J connectivity index is 1.92. The van der Waals surface area contributed by atoms with E-state index in [0.29, 0.717) is 13.0 Å². The topological polar surface area (TPSA) is 49.3 Å². The molecule has 0 aliphatic carbocycles. The van der Waals surface area contributed by atoms with Crippen LogP contribution >= 0.6 is 0 Å². The van der Waals surface area contributed by atoms with Crippen LogP contribution in [-0.4, -0.2) is 11.0 Å². The van der Waals surface area contributed by atoms with Crippen LogP contribution in [0.4, 0.5) is 0 Å². The summed E-state index contributed by atoms with van der Waals surface area (Å²) in [7, 11) is 0. The average molecular weight is 297 g/mol. The first-order valence-corrected chi connectivity index (χ1v) is 7.73. The fraction of sp³-hybridized carbons (Fsp3) is 0.316. The van der Waals surface area contributed by atoms with Gasteiger partial charge in [-0.25, -0.2) is 0 Å². The van der Waals surface area contributed by atoms with Crippen molar-refractivity contribution in [2.24, 2.45) is 0 Å². The van der Waals surface area contributed by atoms with Crippen LogP contribution in [0.1, 0.15) is 42.4 Å². The maximum Gasteiger partial charge on any atom is 0.220 e. The summed E-state index contributed by atoms with van der Waals surface area (Å²) < 4.78 is 0. The molecule has 2 aromatic rings. The standard InChI is InChI=1S/C19H23NO2/c1-2-15(16-8-4-3-5-9-16)12-19(22)20-13-17-10-6-7-11-18(17)14-21/h3-11,15,21H,2,12-14H2,1H3,(H,20,22). The molecule has 0 heterocycles. The molecule has 116 valence electrons. The van der Waals surface area contributed by atoms with Gasteiger partial charge in [-0.15, -0.1) is 0 Å². The van der Waals surface area contributed by atoms with E-state index >= 15 is 0 Å². The van der Waals surface area contributed by atoms with Crippen molar-refractivity contribution in [2.45, 2.75) is 38.8 Å². The molecular formula is C19H23NO2. The molecule has 0 spiro atoms. The van der Waals surface area contributed by atoms with Crippen molar-refractivity contribution in [2.75, 3.05) is 0 Å². The van der Waals surface area contributed by atoms with Gasteiger partial charge in [0.05, 0.1) is 6.61 Å². The van der Waals surface area contributed by atoms with Crippen LogP contribution in [0.15, 0.2) is 54.6 Å². The fourth-order valence-electron chi connectivity index (χ4n) is 2.60. The number of hydrogen-bond acceptors (Lipinski definition) is 2. The van der Waals surface area contributed by atoms with Crippen LogP contribution in [0.3, 0.4) is 0 Å². The second kappa shape index (κ2) is 8.35. The maximum atomic E-state index is 12.2. The first kappa shape index (κ1) is 16.2.